The Morgan fingerprint density at radius 2 is 1.75 bits per heavy atom. The van der Waals surface area contributed by atoms with Crippen LogP contribution in [0.25, 0.3) is 0 Å². The normalized spacial score (nSPS) is 17.2. The van der Waals surface area contributed by atoms with E-state index in [2.05, 4.69) is 17.4 Å². The largest absolute Gasteiger partial charge is 0.366 e. The van der Waals surface area contributed by atoms with Gasteiger partial charge in [0.05, 0.1) is 5.57 Å². The van der Waals surface area contributed by atoms with Crippen LogP contribution in [0.2, 0.25) is 0 Å². The zero-order valence-corrected chi connectivity index (χ0v) is 14.2. The van der Waals surface area contributed by atoms with Crippen molar-refractivity contribution in [1.29, 1.82) is 0 Å². The lowest BCUT2D eigenvalue weighted by Crippen LogP contribution is -2.32. The third-order valence-electron chi connectivity index (χ3n) is 3.82. The fourth-order valence-electron chi connectivity index (χ4n) is 2.64. The predicted molar refractivity (Wildman–Crippen MR) is 99.4 cm³/mol. The van der Waals surface area contributed by atoms with Gasteiger partial charge >= 0.3 is 0 Å². The Hall–Kier alpha value is -2.53. The van der Waals surface area contributed by atoms with E-state index in [0.29, 0.717) is 5.57 Å². The Kier molecular flexibility index (Phi) is 5.01. The maximum Gasteiger partial charge on any atom is 0.248 e. The summed E-state index contributed by atoms with van der Waals surface area (Å²) >= 11 is 1.62. The molecule has 24 heavy (non-hydrogen) atoms. The maximum absolute atomic E-state index is 11.9. The molecule has 0 saturated heterocycles. The summed E-state index contributed by atoms with van der Waals surface area (Å²) in [6, 6.07) is 19.6. The summed E-state index contributed by atoms with van der Waals surface area (Å²) in [5.41, 5.74) is 9.06. The van der Waals surface area contributed by atoms with Gasteiger partial charge < -0.3 is 11.1 Å². The number of hydrogen-bond donors (Lipinski definition) is 2. The first-order valence-electron chi connectivity index (χ1n) is 7.72. The van der Waals surface area contributed by atoms with E-state index in [0.717, 1.165) is 22.2 Å². The van der Waals surface area contributed by atoms with E-state index in [1.54, 1.807) is 11.8 Å². The number of amidine groups is 1. The van der Waals surface area contributed by atoms with Crippen molar-refractivity contribution in [3.05, 3.63) is 83.1 Å². The van der Waals surface area contributed by atoms with Crippen LogP contribution in [0.3, 0.4) is 0 Å². The van der Waals surface area contributed by atoms with Crippen molar-refractivity contribution in [3.8, 4) is 0 Å². The number of nitrogens with two attached hydrogens (primary N) is 1. The van der Waals surface area contributed by atoms with Crippen molar-refractivity contribution in [2.75, 3.05) is 0 Å². The standard InChI is InChI=1S/C19H19N3OS/c1-13-16(18(20)23)17(15-10-6-3-7-11-15)22-19(21-13)24-12-14-8-4-2-5-9-14/h2-11,17H,12H2,1H3,(H2,20,23)(H,21,22)/t17-/m0/s1. The van der Waals surface area contributed by atoms with Crippen LogP contribution in [-0.4, -0.2) is 11.1 Å². The number of nitrogens with zero attached hydrogens (tertiary/aromatic N) is 1. The maximum atomic E-state index is 11.9. The first-order chi connectivity index (χ1) is 11.6. The van der Waals surface area contributed by atoms with Gasteiger partial charge in [0.25, 0.3) is 0 Å². The van der Waals surface area contributed by atoms with E-state index in [9.17, 15) is 4.79 Å². The molecule has 0 aromatic heterocycles. The van der Waals surface area contributed by atoms with E-state index in [1.807, 2.05) is 55.5 Å². The molecule has 3 N–H and O–H groups in total. The van der Waals surface area contributed by atoms with E-state index in [4.69, 9.17) is 10.7 Å². The Morgan fingerprint density at radius 3 is 2.38 bits per heavy atom. The van der Waals surface area contributed by atoms with Crippen LogP contribution in [0.1, 0.15) is 24.1 Å². The zero-order chi connectivity index (χ0) is 16.9. The lowest BCUT2D eigenvalue weighted by atomic mass is 9.96. The van der Waals surface area contributed by atoms with E-state index >= 15 is 0 Å². The minimum absolute atomic E-state index is 0.358. The van der Waals surface area contributed by atoms with Crippen LogP contribution in [0, 0.1) is 0 Å². The minimum atomic E-state index is -0.440. The molecule has 0 aliphatic carbocycles. The SMILES string of the molecule is CC1=C(C(N)=O)[C@H](c2ccccc2)N=C(SCc2ccccc2)N1. The fraction of sp³-hybridized carbons (Fsp3) is 0.158. The molecule has 1 heterocycles. The van der Waals surface area contributed by atoms with Crippen molar-refractivity contribution in [2.45, 2.75) is 18.7 Å². The fourth-order valence-corrected chi connectivity index (χ4v) is 3.54. The van der Waals surface area contributed by atoms with E-state index in [-0.39, 0.29) is 6.04 Å². The first-order valence-corrected chi connectivity index (χ1v) is 8.71. The number of allylic oxidation sites excluding steroid dienone is 1. The average molecular weight is 337 g/mol. The van der Waals surface area contributed by atoms with Gasteiger partial charge in [-0.2, -0.15) is 0 Å². The lowest BCUT2D eigenvalue weighted by Gasteiger charge is -2.25. The molecular formula is C19H19N3OS. The number of amides is 1. The van der Waals surface area contributed by atoms with Crippen LogP contribution in [0.4, 0.5) is 0 Å². The molecule has 0 unspecified atom stereocenters. The molecule has 0 saturated carbocycles. The highest BCUT2D eigenvalue weighted by Crippen LogP contribution is 2.32. The number of benzene rings is 2. The third-order valence-corrected chi connectivity index (χ3v) is 4.78. The molecule has 1 aliphatic rings. The average Bonchev–Trinajstić information content (AvgIpc) is 2.60. The molecule has 2 aromatic rings. The molecule has 5 heteroatoms. The van der Waals surface area contributed by atoms with E-state index < -0.39 is 5.91 Å². The van der Waals surface area contributed by atoms with Gasteiger partial charge in [-0.25, -0.2) is 4.99 Å². The number of thioether (sulfide) groups is 1. The topological polar surface area (TPSA) is 67.5 Å². The van der Waals surface area contributed by atoms with Gasteiger partial charge in [0.15, 0.2) is 5.17 Å². The lowest BCUT2D eigenvalue weighted by molar-refractivity contribution is -0.114. The Labute approximate surface area is 145 Å². The van der Waals surface area contributed by atoms with Crippen LogP contribution < -0.4 is 11.1 Å². The van der Waals surface area contributed by atoms with Crippen molar-refractivity contribution >= 4 is 22.8 Å². The van der Waals surface area contributed by atoms with Crippen LogP contribution in [0.5, 0.6) is 0 Å². The van der Waals surface area contributed by atoms with Gasteiger partial charge in [-0.3, -0.25) is 4.79 Å². The van der Waals surface area contributed by atoms with Crippen LogP contribution in [-0.2, 0) is 10.5 Å². The number of rotatable bonds is 4. The molecule has 0 bridgehead atoms. The molecule has 1 aliphatic heterocycles. The summed E-state index contributed by atoms with van der Waals surface area (Å²) in [7, 11) is 0. The monoisotopic (exact) mass is 337 g/mol. The second-order valence-corrected chi connectivity index (χ2v) is 6.51. The van der Waals surface area contributed by atoms with Crippen molar-refractivity contribution in [2.24, 2.45) is 10.7 Å². The summed E-state index contributed by atoms with van der Waals surface area (Å²) in [4.78, 5) is 16.6. The summed E-state index contributed by atoms with van der Waals surface area (Å²) in [5.74, 6) is 0.373. The second kappa shape index (κ2) is 7.36. The van der Waals surface area contributed by atoms with Gasteiger partial charge in [0.1, 0.15) is 6.04 Å². The summed E-state index contributed by atoms with van der Waals surface area (Å²) in [6.45, 7) is 1.87. The molecular weight excluding hydrogens is 318 g/mol. The number of aliphatic imine (C=N–C) groups is 1. The van der Waals surface area contributed by atoms with Crippen molar-refractivity contribution in [3.63, 3.8) is 0 Å². The second-order valence-electron chi connectivity index (χ2n) is 5.55. The molecule has 2 aromatic carbocycles. The highest BCUT2D eigenvalue weighted by atomic mass is 32.2. The van der Waals surface area contributed by atoms with Crippen molar-refractivity contribution in [1.82, 2.24) is 5.32 Å². The van der Waals surface area contributed by atoms with Crippen molar-refractivity contribution < 1.29 is 4.79 Å². The van der Waals surface area contributed by atoms with Gasteiger partial charge in [0.2, 0.25) is 5.91 Å². The zero-order valence-electron chi connectivity index (χ0n) is 13.4. The Morgan fingerprint density at radius 1 is 1.12 bits per heavy atom. The van der Waals surface area contributed by atoms with Gasteiger partial charge in [-0.1, -0.05) is 72.4 Å². The van der Waals surface area contributed by atoms with E-state index in [1.165, 1.54) is 5.56 Å². The quantitative estimate of drug-likeness (QED) is 0.899. The number of nitrogens with one attached hydrogen (secondary N) is 1. The van der Waals surface area contributed by atoms with Gasteiger partial charge in [-0.05, 0) is 18.1 Å². The molecule has 1 atom stereocenters. The van der Waals surface area contributed by atoms with Crippen LogP contribution >= 0.6 is 11.8 Å². The molecule has 0 radical (unpaired) electrons. The third kappa shape index (κ3) is 3.68. The smallest absolute Gasteiger partial charge is 0.248 e. The Bertz CT molecular complexity index is 785. The highest BCUT2D eigenvalue weighted by Gasteiger charge is 2.27. The number of carbonyl (C=O) groups is 1. The predicted octanol–water partition coefficient (Wildman–Crippen LogP) is 3.38. The number of primary amides is 1. The Balaban J connectivity index is 1.85. The molecule has 0 fully saturated rings. The summed E-state index contributed by atoms with van der Waals surface area (Å²) < 4.78 is 0. The summed E-state index contributed by atoms with van der Waals surface area (Å²) in [5, 5.41) is 4.01. The molecule has 1 amide bonds. The summed E-state index contributed by atoms with van der Waals surface area (Å²) in [6.07, 6.45) is 0. The molecule has 3 rings (SSSR count). The number of carbonyl (C=O) groups excluding carboxylic acids is 1. The number of hydrogen-bond acceptors (Lipinski definition) is 4. The van der Waals surface area contributed by atoms with Gasteiger partial charge in [-0.15, -0.1) is 0 Å². The van der Waals surface area contributed by atoms with Gasteiger partial charge in [0, 0.05) is 11.4 Å². The van der Waals surface area contributed by atoms with Crippen LogP contribution in [0.15, 0.2) is 76.9 Å². The minimum Gasteiger partial charge on any atom is -0.366 e. The first kappa shape index (κ1) is 16.3. The molecule has 0 spiro atoms. The molecule has 4 nitrogen and oxygen atoms in total. The molecule has 122 valence electrons. The highest BCUT2D eigenvalue weighted by molar-refractivity contribution is 8.13.